The summed E-state index contributed by atoms with van der Waals surface area (Å²) in [5.41, 5.74) is 5.84. The van der Waals surface area contributed by atoms with Gasteiger partial charge in [0.05, 0.1) is 16.8 Å². The number of sulfone groups is 1. The van der Waals surface area contributed by atoms with Crippen LogP contribution in [-0.2, 0) is 19.9 Å². The molecular weight excluding hydrogens is 288 g/mol. The van der Waals surface area contributed by atoms with Crippen molar-refractivity contribution < 1.29 is 16.8 Å². The van der Waals surface area contributed by atoms with Gasteiger partial charge in [0, 0.05) is 18.6 Å². The average Bonchev–Trinajstić information content (AvgIpc) is 2.27. The molecule has 2 heterocycles. The van der Waals surface area contributed by atoms with E-state index in [9.17, 15) is 16.8 Å². The molecule has 0 radical (unpaired) electrons. The number of hydrogen-bond acceptors (Lipinski definition) is 5. The molecule has 0 aromatic carbocycles. The van der Waals surface area contributed by atoms with Crippen molar-refractivity contribution in [2.75, 3.05) is 18.1 Å². The van der Waals surface area contributed by atoms with Crippen molar-refractivity contribution in [2.24, 2.45) is 5.73 Å². The SMILES string of the molecule is CC1CC(N)CCN1S(=O)(=O)C1CCS(=O)(=O)CC1. The van der Waals surface area contributed by atoms with E-state index in [2.05, 4.69) is 0 Å². The molecule has 0 aromatic rings. The summed E-state index contributed by atoms with van der Waals surface area (Å²) in [5, 5.41) is -0.548. The third-order valence-corrected chi connectivity index (χ3v) is 8.33. The van der Waals surface area contributed by atoms with Crippen LogP contribution in [0.3, 0.4) is 0 Å². The van der Waals surface area contributed by atoms with Crippen LogP contribution in [0.2, 0.25) is 0 Å². The van der Waals surface area contributed by atoms with Crippen molar-refractivity contribution in [2.45, 2.75) is 49.9 Å². The Hall–Kier alpha value is -0.180. The Morgan fingerprint density at radius 1 is 1.16 bits per heavy atom. The Morgan fingerprint density at radius 2 is 1.74 bits per heavy atom. The molecule has 0 bridgehead atoms. The number of hydrogen-bond donors (Lipinski definition) is 1. The molecular formula is C11H22N2O4S2. The molecule has 2 unspecified atom stereocenters. The zero-order chi connectivity index (χ0) is 14.3. The fraction of sp³-hybridized carbons (Fsp3) is 1.00. The maximum absolute atomic E-state index is 12.6. The first-order valence-corrected chi connectivity index (χ1v) is 10.0. The molecule has 0 aliphatic carbocycles. The monoisotopic (exact) mass is 310 g/mol. The highest BCUT2D eigenvalue weighted by Crippen LogP contribution is 2.27. The molecule has 2 aliphatic heterocycles. The van der Waals surface area contributed by atoms with Gasteiger partial charge in [-0.2, -0.15) is 4.31 Å². The van der Waals surface area contributed by atoms with Gasteiger partial charge in [0.15, 0.2) is 0 Å². The summed E-state index contributed by atoms with van der Waals surface area (Å²) in [4.78, 5) is 0. The molecule has 8 heteroatoms. The number of nitrogens with zero attached hydrogens (tertiary/aromatic N) is 1. The third kappa shape index (κ3) is 3.29. The molecule has 0 saturated carbocycles. The molecule has 6 nitrogen and oxygen atoms in total. The standard InChI is InChI=1S/C11H22N2O4S2/c1-9-8-10(12)2-5-13(9)19(16,17)11-3-6-18(14,15)7-4-11/h9-11H,2-8,12H2,1H3. The minimum atomic E-state index is -3.39. The Labute approximate surface area is 115 Å². The lowest BCUT2D eigenvalue weighted by Gasteiger charge is -2.38. The van der Waals surface area contributed by atoms with Crippen molar-refractivity contribution in [3.8, 4) is 0 Å². The summed E-state index contributed by atoms with van der Waals surface area (Å²) in [5.74, 6) is -0.0305. The first kappa shape index (κ1) is 15.2. The number of sulfonamides is 1. The van der Waals surface area contributed by atoms with E-state index in [-0.39, 0.29) is 36.4 Å². The van der Waals surface area contributed by atoms with Crippen molar-refractivity contribution in [1.29, 1.82) is 0 Å². The van der Waals surface area contributed by atoms with Crippen LogP contribution in [0.25, 0.3) is 0 Å². The lowest BCUT2D eigenvalue weighted by atomic mass is 10.0. The number of nitrogens with two attached hydrogens (primary N) is 1. The fourth-order valence-corrected chi connectivity index (χ4v) is 6.87. The number of piperidine rings is 1. The van der Waals surface area contributed by atoms with Gasteiger partial charge in [-0.25, -0.2) is 16.8 Å². The van der Waals surface area contributed by atoms with Crippen LogP contribution in [0.4, 0.5) is 0 Å². The van der Waals surface area contributed by atoms with Gasteiger partial charge in [-0.05, 0) is 32.6 Å². The van der Waals surface area contributed by atoms with E-state index < -0.39 is 25.1 Å². The summed E-state index contributed by atoms with van der Waals surface area (Å²) < 4.78 is 49.4. The van der Waals surface area contributed by atoms with E-state index in [0.717, 1.165) is 0 Å². The van der Waals surface area contributed by atoms with Crippen LogP contribution < -0.4 is 5.73 Å². The van der Waals surface area contributed by atoms with Crippen LogP contribution >= 0.6 is 0 Å². The summed E-state index contributed by atoms with van der Waals surface area (Å²) in [6.07, 6.45) is 1.79. The molecule has 2 N–H and O–H groups in total. The summed E-state index contributed by atoms with van der Waals surface area (Å²) in [7, 11) is -6.43. The molecule has 2 aliphatic rings. The molecule has 2 rings (SSSR count). The molecule has 19 heavy (non-hydrogen) atoms. The van der Waals surface area contributed by atoms with Gasteiger partial charge in [0.1, 0.15) is 9.84 Å². The van der Waals surface area contributed by atoms with Gasteiger partial charge in [-0.1, -0.05) is 0 Å². The van der Waals surface area contributed by atoms with Crippen molar-refractivity contribution in [1.82, 2.24) is 4.31 Å². The highest BCUT2D eigenvalue weighted by atomic mass is 32.2. The van der Waals surface area contributed by atoms with E-state index in [4.69, 9.17) is 5.73 Å². The smallest absolute Gasteiger partial charge is 0.217 e. The van der Waals surface area contributed by atoms with Crippen LogP contribution in [0, 0.1) is 0 Å². The second kappa shape index (κ2) is 5.31. The Morgan fingerprint density at radius 3 is 2.26 bits per heavy atom. The average molecular weight is 310 g/mol. The second-order valence-electron chi connectivity index (χ2n) is 5.64. The zero-order valence-electron chi connectivity index (χ0n) is 11.2. The van der Waals surface area contributed by atoms with Crippen LogP contribution in [0.15, 0.2) is 0 Å². The largest absolute Gasteiger partial charge is 0.328 e. The predicted molar refractivity (Wildman–Crippen MR) is 74.0 cm³/mol. The van der Waals surface area contributed by atoms with Crippen LogP contribution in [0.5, 0.6) is 0 Å². The van der Waals surface area contributed by atoms with Crippen LogP contribution in [-0.4, -0.2) is 56.5 Å². The van der Waals surface area contributed by atoms with Crippen molar-refractivity contribution >= 4 is 19.9 Å². The van der Waals surface area contributed by atoms with E-state index in [1.54, 1.807) is 0 Å². The Balaban J connectivity index is 2.10. The lowest BCUT2D eigenvalue weighted by molar-refractivity contribution is 0.244. The molecule has 0 aromatic heterocycles. The lowest BCUT2D eigenvalue weighted by Crippen LogP contribution is -2.52. The van der Waals surface area contributed by atoms with Crippen LogP contribution in [0.1, 0.15) is 32.6 Å². The molecule has 0 spiro atoms. The number of rotatable bonds is 2. The third-order valence-electron chi connectivity index (χ3n) is 4.11. The zero-order valence-corrected chi connectivity index (χ0v) is 12.8. The maximum atomic E-state index is 12.6. The first-order chi connectivity index (χ1) is 8.72. The molecule has 2 fully saturated rings. The van der Waals surface area contributed by atoms with E-state index in [1.807, 2.05) is 6.92 Å². The van der Waals surface area contributed by atoms with Crippen molar-refractivity contribution in [3.05, 3.63) is 0 Å². The molecule has 112 valence electrons. The van der Waals surface area contributed by atoms with E-state index >= 15 is 0 Å². The van der Waals surface area contributed by atoms with E-state index in [0.29, 0.717) is 19.4 Å². The maximum Gasteiger partial charge on any atom is 0.217 e. The quantitative estimate of drug-likeness (QED) is 0.755. The Kier molecular flexibility index (Phi) is 4.25. The Bertz CT molecular complexity index is 515. The van der Waals surface area contributed by atoms with E-state index in [1.165, 1.54) is 4.31 Å². The summed E-state index contributed by atoms with van der Waals surface area (Å²) in [6.45, 7) is 2.32. The predicted octanol–water partition coefficient (Wildman–Crippen LogP) is -0.295. The molecule has 2 saturated heterocycles. The first-order valence-electron chi connectivity index (χ1n) is 6.69. The molecule has 2 atom stereocenters. The van der Waals surface area contributed by atoms with Gasteiger partial charge >= 0.3 is 0 Å². The highest BCUT2D eigenvalue weighted by Gasteiger charge is 2.40. The minimum Gasteiger partial charge on any atom is -0.328 e. The van der Waals surface area contributed by atoms with Gasteiger partial charge in [0.25, 0.3) is 0 Å². The fourth-order valence-electron chi connectivity index (χ4n) is 2.92. The molecule has 0 amide bonds. The second-order valence-corrected chi connectivity index (χ2v) is 10.1. The minimum absolute atomic E-state index is 0.0152. The summed E-state index contributed by atoms with van der Waals surface area (Å²) in [6, 6.07) is -0.0273. The summed E-state index contributed by atoms with van der Waals surface area (Å²) >= 11 is 0. The normalized spacial score (nSPS) is 34.2. The van der Waals surface area contributed by atoms with Gasteiger partial charge < -0.3 is 5.73 Å². The topological polar surface area (TPSA) is 97.5 Å². The highest BCUT2D eigenvalue weighted by molar-refractivity contribution is 7.92. The van der Waals surface area contributed by atoms with Gasteiger partial charge in [0.2, 0.25) is 10.0 Å². The van der Waals surface area contributed by atoms with Gasteiger partial charge in [-0.3, -0.25) is 0 Å². The van der Waals surface area contributed by atoms with Crippen molar-refractivity contribution in [3.63, 3.8) is 0 Å². The van der Waals surface area contributed by atoms with Gasteiger partial charge in [-0.15, -0.1) is 0 Å².